The Morgan fingerprint density at radius 1 is 1.14 bits per heavy atom. The van der Waals surface area contributed by atoms with Gasteiger partial charge in [-0.2, -0.15) is 7.82 Å². The van der Waals surface area contributed by atoms with Crippen LogP contribution < -0.4 is 44.2 Å². The van der Waals surface area contributed by atoms with Crippen LogP contribution >= 0.6 is 7.82 Å². The van der Waals surface area contributed by atoms with Gasteiger partial charge in [-0.25, -0.2) is 0 Å². The Labute approximate surface area is 73.0 Å². The molecule has 7 heavy (non-hydrogen) atoms. The molecule has 0 amide bonds. The zero-order chi connectivity index (χ0) is 4.50. The fourth-order valence-corrected chi connectivity index (χ4v) is 0. The molecule has 0 fully saturated rings. The van der Waals surface area contributed by atoms with Crippen molar-refractivity contribution in [1.29, 1.82) is 0 Å². The van der Waals surface area contributed by atoms with Crippen LogP contribution in [0.2, 0.25) is 0 Å². The Morgan fingerprint density at radius 2 is 1.14 bits per heavy atom. The number of hydrogen-bond donors (Lipinski definition) is 0. The van der Waals surface area contributed by atoms with Crippen LogP contribution in [0.3, 0.4) is 0 Å². The van der Waals surface area contributed by atoms with Gasteiger partial charge in [0.05, 0.1) is 0 Å². The summed E-state index contributed by atoms with van der Waals surface area (Å²) in [5, 5.41) is 0. The molecule has 7 heteroatoms. The zero-order valence-corrected chi connectivity index (χ0v) is 7.35. The SMILES string of the molecule is O=P([O-])([O-])[O-].[Co+2].[Na+]. The summed E-state index contributed by atoms with van der Waals surface area (Å²) in [6.45, 7) is 0. The monoisotopic (exact) mass is 177 g/mol. The minimum atomic E-state index is -5.39. The second-order valence-corrected chi connectivity index (χ2v) is 1.34. The van der Waals surface area contributed by atoms with Crippen LogP contribution in [0, 0.1) is 0 Å². The summed E-state index contributed by atoms with van der Waals surface area (Å²) in [4.78, 5) is 25.6. The fourth-order valence-electron chi connectivity index (χ4n) is 0. The Balaban J connectivity index is -0.0000000800. The van der Waals surface area contributed by atoms with Crippen LogP contribution in [0.5, 0.6) is 0 Å². The maximum Gasteiger partial charge on any atom is 2.00 e. The molecule has 0 saturated carbocycles. The van der Waals surface area contributed by atoms with E-state index in [1.54, 1.807) is 0 Å². The van der Waals surface area contributed by atoms with Crippen molar-refractivity contribution in [1.82, 2.24) is 0 Å². The van der Waals surface area contributed by atoms with Gasteiger partial charge in [0.2, 0.25) is 0 Å². The first-order valence-corrected chi connectivity index (χ1v) is 2.19. The van der Waals surface area contributed by atoms with Gasteiger partial charge in [-0.05, 0) is 0 Å². The first-order chi connectivity index (χ1) is 2.00. The minimum absolute atomic E-state index is 0. The van der Waals surface area contributed by atoms with Crippen molar-refractivity contribution in [2.75, 3.05) is 0 Å². The van der Waals surface area contributed by atoms with Gasteiger partial charge in [-0.15, -0.1) is 0 Å². The van der Waals surface area contributed by atoms with E-state index in [9.17, 15) is 0 Å². The van der Waals surface area contributed by atoms with Crippen LogP contribution in [0.25, 0.3) is 0 Å². The molecule has 0 unspecified atom stereocenters. The molecule has 4 nitrogen and oxygen atoms in total. The largest absolute Gasteiger partial charge is 2.00 e. The molecule has 0 aromatic carbocycles. The van der Waals surface area contributed by atoms with Crippen molar-refractivity contribution in [3.05, 3.63) is 0 Å². The predicted molar refractivity (Wildman–Crippen MR) is 7.61 cm³/mol. The van der Waals surface area contributed by atoms with E-state index in [2.05, 4.69) is 0 Å². The number of phosphoric acid groups is 1. The molecule has 1 radical (unpaired) electrons. The standard InChI is InChI=1S/Co.Na.H3O4P/c;;1-5(2,3)4/h;;(H3,1,2,3,4)/q+2;+1;/p-3. The quantitative estimate of drug-likeness (QED) is 0.272. The molecule has 0 aliphatic rings. The van der Waals surface area contributed by atoms with E-state index in [4.69, 9.17) is 19.2 Å². The maximum absolute atomic E-state index is 8.55. The van der Waals surface area contributed by atoms with E-state index in [0.29, 0.717) is 0 Å². The van der Waals surface area contributed by atoms with Gasteiger partial charge in [-0.1, -0.05) is 0 Å². The van der Waals surface area contributed by atoms with Crippen molar-refractivity contribution >= 4 is 7.82 Å². The Bertz CT molecular complexity index is 57.8. The fraction of sp³-hybridized carbons (Fsp3) is 0. The molecular weight excluding hydrogens is 177 g/mol. The molecule has 0 atom stereocenters. The first kappa shape index (κ1) is 15.8. The van der Waals surface area contributed by atoms with Crippen LogP contribution in [0.1, 0.15) is 0 Å². The van der Waals surface area contributed by atoms with Gasteiger partial charge >= 0.3 is 46.3 Å². The smallest absolute Gasteiger partial charge is 0.822 e. The molecule has 0 heterocycles. The molecule has 0 bridgehead atoms. The normalized spacial score (nSPS) is 8.43. The molecule has 0 aliphatic carbocycles. The van der Waals surface area contributed by atoms with Crippen molar-refractivity contribution < 1.29 is 65.6 Å². The van der Waals surface area contributed by atoms with E-state index in [1.807, 2.05) is 0 Å². The predicted octanol–water partition coefficient (Wildman–Crippen LogP) is -5.82. The third kappa shape index (κ3) is 91.9. The van der Waals surface area contributed by atoms with Crippen molar-refractivity contribution in [2.45, 2.75) is 0 Å². The first-order valence-electron chi connectivity index (χ1n) is 0.730. The third-order valence-corrected chi connectivity index (χ3v) is 0. The maximum atomic E-state index is 8.55. The summed E-state index contributed by atoms with van der Waals surface area (Å²) in [5.41, 5.74) is 0. The summed E-state index contributed by atoms with van der Waals surface area (Å²) >= 11 is 0. The second kappa shape index (κ2) is 5.75. The number of rotatable bonds is 0. The minimum Gasteiger partial charge on any atom is -0.822 e. The van der Waals surface area contributed by atoms with Gasteiger partial charge in [0, 0.05) is 0 Å². The van der Waals surface area contributed by atoms with Crippen LogP contribution in [-0.4, -0.2) is 0 Å². The van der Waals surface area contributed by atoms with Crippen molar-refractivity contribution in [2.24, 2.45) is 0 Å². The van der Waals surface area contributed by atoms with Gasteiger partial charge in [0.1, 0.15) is 0 Å². The molecule has 39 valence electrons. The van der Waals surface area contributed by atoms with Gasteiger partial charge in [-0.3, -0.25) is 0 Å². The summed E-state index contributed by atoms with van der Waals surface area (Å²) < 4.78 is 8.55. The topological polar surface area (TPSA) is 86.2 Å². The third-order valence-electron chi connectivity index (χ3n) is 0. The number of hydrogen-bond acceptors (Lipinski definition) is 4. The van der Waals surface area contributed by atoms with E-state index in [-0.39, 0.29) is 46.3 Å². The van der Waals surface area contributed by atoms with Crippen molar-refractivity contribution in [3.63, 3.8) is 0 Å². The molecule has 0 aliphatic heterocycles. The Hall–Kier alpha value is 1.62. The van der Waals surface area contributed by atoms with E-state index in [0.717, 1.165) is 0 Å². The van der Waals surface area contributed by atoms with Crippen LogP contribution in [-0.2, 0) is 21.3 Å². The molecule has 0 saturated heterocycles. The Morgan fingerprint density at radius 3 is 1.14 bits per heavy atom. The molecule has 0 aromatic heterocycles. The van der Waals surface area contributed by atoms with E-state index >= 15 is 0 Å². The van der Waals surface area contributed by atoms with Gasteiger partial charge in [0.15, 0.2) is 0 Å². The Kier molecular flexibility index (Phi) is 13.0. The average molecular weight is 177 g/mol. The van der Waals surface area contributed by atoms with Crippen LogP contribution in [0.4, 0.5) is 0 Å². The summed E-state index contributed by atoms with van der Waals surface area (Å²) in [6, 6.07) is 0. The summed E-state index contributed by atoms with van der Waals surface area (Å²) in [5.74, 6) is 0. The molecule has 0 N–H and O–H groups in total. The molecule has 0 rings (SSSR count). The van der Waals surface area contributed by atoms with Crippen molar-refractivity contribution in [3.8, 4) is 0 Å². The van der Waals surface area contributed by atoms with Gasteiger partial charge in [0.25, 0.3) is 0 Å². The van der Waals surface area contributed by atoms with Gasteiger partial charge < -0.3 is 19.2 Å². The van der Waals surface area contributed by atoms with E-state index in [1.165, 1.54) is 0 Å². The molecule has 0 aromatic rings. The average Bonchev–Trinajstić information content (AvgIpc) is 0.722. The second-order valence-electron chi connectivity index (χ2n) is 0.447. The van der Waals surface area contributed by atoms with Crippen LogP contribution in [0.15, 0.2) is 0 Å². The van der Waals surface area contributed by atoms with E-state index < -0.39 is 7.82 Å². The zero-order valence-electron chi connectivity index (χ0n) is 3.41. The molecule has 0 spiro atoms. The molecular formula is CoNaO4P. The summed E-state index contributed by atoms with van der Waals surface area (Å²) in [6.07, 6.45) is 0. The summed E-state index contributed by atoms with van der Waals surface area (Å²) in [7, 11) is -5.39.